The molecule has 25 heavy (non-hydrogen) atoms. The Balaban J connectivity index is 1.69. The minimum Gasteiger partial charge on any atom is -0.465 e. The molecule has 1 heterocycles. The first-order valence-electron chi connectivity index (χ1n) is 9.71. The van der Waals surface area contributed by atoms with Crippen LogP contribution >= 0.6 is 0 Å². The molecule has 0 radical (unpaired) electrons. The van der Waals surface area contributed by atoms with Gasteiger partial charge in [-0.15, -0.1) is 0 Å². The highest BCUT2D eigenvalue weighted by molar-refractivity contribution is 5.80. The van der Waals surface area contributed by atoms with E-state index in [4.69, 9.17) is 4.74 Å². The van der Waals surface area contributed by atoms with Gasteiger partial charge in [-0.05, 0) is 57.3 Å². The van der Waals surface area contributed by atoms with Crippen molar-refractivity contribution in [2.24, 2.45) is 5.92 Å². The molecule has 1 aliphatic heterocycles. The van der Waals surface area contributed by atoms with Crippen LogP contribution in [0.3, 0.4) is 0 Å². The fraction of sp³-hybridized carbons (Fsp3) is 0.667. The first kappa shape index (κ1) is 18.4. The maximum absolute atomic E-state index is 13.0. The molecule has 1 aromatic carbocycles. The van der Waals surface area contributed by atoms with Crippen LogP contribution < -0.4 is 0 Å². The van der Waals surface area contributed by atoms with Crippen LogP contribution in [0.15, 0.2) is 30.3 Å². The van der Waals surface area contributed by atoms with Gasteiger partial charge in [-0.1, -0.05) is 49.6 Å². The molecule has 1 aliphatic carbocycles. The highest BCUT2D eigenvalue weighted by Crippen LogP contribution is 2.40. The van der Waals surface area contributed by atoms with Crippen molar-refractivity contribution in [1.82, 2.24) is 4.90 Å². The van der Waals surface area contributed by atoms with Crippen molar-refractivity contribution in [2.75, 3.05) is 26.7 Å². The molecule has 1 atom stereocenters. The molecule has 4 heteroatoms. The van der Waals surface area contributed by atoms with Gasteiger partial charge in [0.25, 0.3) is 0 Å². The second-order valence-electron chi connectivity index (χ2n) is 7.88. The van der Waals surface area contributed by atoms with Crippen LogP contribution in [0.1, 0.15) is 56.4 Å². The Labute approximate surface area is 151 Å². The van der Waals surface area contributed by atoms with E-state index >= 15 is 0 Å². The maximum Gasteiger partial charge on any atom is 0.316 e. The molecule has 2 fully saturated rings. The zero-order valence-corrected chi connectivity index (χ0v) is 15.3. The Hall–Kier alpha value is -1.39. The Morgan fingerprint density at radius 3 is 2.48 bits per heavy atom. The third kappa shape index (κ3) is 4.62. The summed E-state index contributed by atoms with van der Waals surface area (Å²) < 4.78 is 5.73. The fourth-order valence-corrected chi connectivity index (χ4v) is 4.28. The van der Waals surface area contributed by atoms with Gasteiger partial charge in [0.2, 0.25) is 0 Å². The van der Waals surface area contributed by atoms with Gasteiger partial charge in [0.1, 0.15) is 5.92 Å². The fourth-order valence-electron chi connectivity index (χ4n) is 4.28. The van der Waals surface area contributed by atoms with E-state index in [0.717, 1.165) is 50.8 Å². The molecule has 1 saturated heterocycles. The largest absolute Gasteiger partial charge is 0.465 e. The number of hydrogen-bond donors (Lipinski definition) is 1. The summed E-state index contributed by atoms with van der Waals surface area (Å²) in [5.41, 5.74) is -0.0935. The third-order valence-corrected chi connectivity index (χ3v) is 5.92. The Kier molecular flexibility index (Phi) is 6.13. The lowest BCUT2D eigenvalue weighted by atomic mass is 9.73. The van der Waals surface area contributed by atoms with Gasteiger partial charge >= 0.3 is 5.97 Å². The number of piperidine rings is 1. The third-order valence-electron chi connectivity index (χ3n) is 5.92. The topological polar surface area (TPSA) is 49.8 Å². The average molecular weight is 345 g/mol. The molecule has 0 spiro atoms. The molecule has 0 amide bonds. The summed E-state index contributed by atoms with van der Waals surface area (Å²) >= 11 is 0. The van der Waals surface area contributed by atoms with Crippen molar-refractivity contribution in [3.8, 4) is 0 Å². The highest BCUT2D eigenvalue weighted by Gasteiger charge is 2.44. The zero-order valence-electron chi connectivity index (χ0n) is 15.3. The Bertz CT molecular complexity index is 546. The highest BCUT2D eigenvalue weighted by atomic mass is 16.5. The van der Waals surface area contributed by atoms with Gasteiger partial charge in [0.15, 0.2) is 0 Å². The number of rotatable bonds is 5. The summed E-state index contributed by atoms with van der Waals surface area (Å²) in [4.78, 5) is 15.3. The molecule has 138 valence electrons. The number of benzene rings is 1. The normalized spacial score (nSPS) is 23.1. The summed E-state index contributed by atoms with van der Waals surface area (Å²) in [6, 6.07) is 9.68. The van der Waals surface area contributed by atoms with E-state index in [9.17, 15) is 9.90 Å². The molecular formula is C21H31NO3. The number of aliphatic hydroxyl groups is 1. The second kappa shape index (κ2) is 8.33. The van der Waals surface area contributed by atoms with E-state index in [1.807, 2.05) is 30.3 Å². The van der Waals surface area contributed by atoms with Crippen LogP contribution in [0, 0.1) is 5.92 Å². The SMILES string of the molecule is CN1CCC(COC(=O)C(c2ccccc2)C2(O)CCCCC2)CC1. The molecule has 1 N–H and O–H groups in total. The molecule has 4 nitrogen and oxygen atoms in total. The van der Waals surface area contributed by atoms with Crippen molar-refractivity contribution < 1.29 is 14.6 Å². The van der Waals surface area contributed by atoms with E-state index < -0.39 is 11.5 Å². The summed E-state index contributed by atoms with van der Waals surface area (Å²) in [5, 5.41) is 11.2. The second-order valence-corrected chi connectivity index (χ2v) is 7.88. The molecular weight excluding hydrogens is 314 g/mol. The lowest BCUT2D eigenvalue weighted by Gasteiger charge is -2.38. The van der Waals surface area contributed by atoms with Crippen LogP contribution in [0.25, 0.3) is 0 Å². The molecule has 0 bridgehead atoms. The van der Waals surface area contributed by atoms with Gasteiger partial charge < -0.3 is 14.7 Å². The number of carbonyl (C=O) groups is 1. The number of likely N-dealkylation sites (tertiary alicyclic amines) is 1. The summed E-state index contributed by atoms with van der Waals surface area (Å²) in [6.07, 6.45) is 6.58. The van der Waals surface area contributed by atoms with Crippen molar-refractivity contribution >= 4 is 5.97 Å². The molecule has 1 aromatic rings. The van der Waals surface area contributed by atoms with E-state index in [-0.39, 0.29) is 5.97 Å². The summed E-state index contributed by atoms with van der Waals surface area (Å²) in [7, 11) is 2.13. The number of hydrogen-bond acceptors (Lipinski definition) is 4. The number of esters is 1. The first-order chi connectivity index (χ1) is 12.1. The number of ether oxygens (including phenoxy) is 1. The number of carbonyl (C=O) groups excluding carboxylic acids is 1. The minimum atomic E-state index is -0.969. The van der Waals surface area contributed by atoms with Crippen LogP contribution in [0.2, 0.25) is 0 Å². The molecule has 2 aliphatic rings. The van der Waals surface area contributed by atoms with Crippen molar-refractivity contribution in [2.45, 2.75) is 56.5 Å². The van der Waals surface area contributed by atoms with E-state index in [1.165, 1.54) is 0 Å². The molecule has 1 saturated carbocycles. The predicted molar refractivity (Wildman–Crippen MR) is 98.4 cm³/mol. The van der Waals surface area contributed by atoms with Crippen molar-refractivity contribution in [3.63, 3.8) is 0 Å². The van der Waals surface area contributed by atoms with Gasteiger partial charge in [0.05, 0.1) is 12.2 Å². The van der Waals surface area contributed by atoms with E-state index in [1.54, 1.807) is 0 Å². The first-order valence-corrected chi connectivity index (χ1v) is 9.71. The number of nitrogens with zero attached hydrogens (tertiary/aromatic N) is 1. The quantitative estimate of drug-likeness (QED) is 0.832. The molecule has 3 rings (SSSR count). The average Bonchev–Trinajstić information content (AvgIpc) is 2.63. The molecule has 0 aromatic heterocycles. The zero-order chi connectivity index (χ0) is 17.7. The van der Waals surface area contributed by atoms with Crippen molar-refractivity contribution in [3.05, 3.63) is 35.9 Å². The standard InChI is InChI=1S/C21H31NO3/c1-22-14-10-17(11-15-22)16-25-20(23)19(18-8-4-2-5-9-18)21(24)12-6-3-7-13-21/h2,4-5,8-9,17,19,24H,3,6-7,10-16H2,1H3. The lowest BCUT2D eigenvalue weighted by molar-refractivity contribution is -0.156. The van der Waals surface area contributed by atoms with E-state index in [0.29, 0.717) is 25.4 Å². The maximum atomic E-state index is 13.0. The van der Waals surface area contributed by atoms with Gasteiger partial charge in [0, 0.05) is 0 Å². The van der Waals surface area contributed by atoms with Crippen LogP contribution in [0.5, 0.6) is 0 Å². The predicted octanol–water partition coefficient (Wildman–Crippen LogP) is 3.35. The summed E-state index contributed by atoms with van der Waals surface area (Å²) in [5.74, 6) is -0.382. The van der Waals surface area contributed by atoms with E-state index in [2.05, 4.69) is 11.9 Å². The van der Waals surface area contributed by atoms with Gasteiger partial charge in [-0.2, -0.15) is 0 Å². The Morgan fingerprint density at radius 1 is 1.20 bits per heavy atom. The smallest absolute Gasteiger partial charge is 0.316 e. The Morgan fingerprint density at radius 2 is 1.84 bits per heavy atom. The van der Waals surface area contributed by atoms with Crippen LogP contribution in [-0.2, 0) is 9.53 Å². The molecule has 1 unspecified atom stereocenters. The van der Waals surface area contributed by atoms with Gasteiger partial charge in [-0.3, -0.25) is 4.79 Å². The van der Waals surface area contributed by atoms with Crippen molar-refractivity contribution in [1.29, 1.82) is 0 Å². The lowest BCUT2D eigenvalue weighted by Crippen LogP contribution is -2.43. The summed E-state index contributed by atoms with van der Waals surface area (Å²) in [6.45, 7) is 2.61. The monoisotopic (exact) mass is 345 g/mol. The van der Waals surface area contributed by atoms with Crippen LogP contribution in [-0.4, -0.2) is 48.3 Å². The minimum absolute atomic E-state index is 0.255. The van der Waals surface area contributed by atoms with Gasteiger partial charge in [-0.25, -0.2) is 0 Å². The van der Waals surface area contributed by atoms with Crippen LogP contribution in [0.4, 0.5) is 0 Å².